The van der Waals surface area contributed by atoms with E-state index in [4.69, 9.17) is 28.5 Å². The van der Waals surface area contributed by atoms with Crippen LogP contribution < -0.4 is 4.90 Å². The molecule has 1 fully saturated rings. The van der Waals surface area contributed by atoms with E-state index in [1.165, 1.54) is 5.56 Å². The van der Waals surface area contributed by atoms with Crippen LogP contribution in [0, 0.1) is 11.3 Å². The van der Waals surface area contributed by atoms with E-state index >= 15 is 0 Å². The predicted octanol–water partition coefficient (Wildman–Crippen LogP) is 4.02. The van der Waals surface area contributed by atoms with Crippen molar-refractivity contribution in [3.8, 4) is 6.07 Å². The average molecular weight is 427 g/mol. The molecule has 1 saturated heterocycles. The van der Waals surface area contributed by atoms with Crippen molar-refractivity contribution in [2.75, 3.05) is 31.1 Å². The van der Waals surface area contributed by atoms with Crippen LogP contribution in [0.1, 0.15) is 17.2 Å². The van der Waals surface area contributed by atoms with Crippen LogP contribution in [0.2, 0.25) is 10.0 Å². The monoisotopic (exact) mass is 426 g/mol. The highest BCUT2D eigenvalue weighted by atomic mass is 35.5. The van der Waals surface area contributed by atoms with Crippen molar-refractivity contribution >= 4 is 28.9 Å². The van der Waals surface area contributed by atoms with E-state index in [1.54, 1.807) is 18.7 Å². The minimum Gasteiger partial charge on any atom is -0.361 e. The zero-order valence-corrected chi connectivity index (χ0v) is 17.3. The van der Waals surface area contributed by atoms with Crippen LogP contribution >= 0.6 is 23.2 Å². The third-order valence-corrected chi connectivity index (χ3v) is 5.77. The molecule has 0 N–H and O–H groups in total. The van der Waals surface area contributed by atoms with Gasteiger partial charge in [0.05, 0.1) is 34.9 Å². The first-order valence-electron chi connectivity index (χ1n) is 9.40. The largest absolute Gasteiger partial charge is 0.361 e. The fourth-order valence-corrected chi connectivity index (χ4v) is 4.12. The summed E-state index contributed by atoms with van der Waals surface area (Å²) in [6, 6.07) is 15.7. The summed E-state index contributed by atoms with van der Waals surface area (Å²) in [6.45, 7) is 4.28. The van der Waals surface area contributed by atoms with Crippen molar-refractivity contribution in [1.82, 2.24) is 19.7 Å². The number of aromatic nitrogens is 3. The topological polar surface area (TPSA) is 61.0 Å². The van der Waals surface area contributed by atoms with Gasteiger partial charge in [0.2, 0.25) is 0 Å². The lowest BCUT2D eigenvalue weighted by atomic mass is 10.0. The van der Waals surface area contributed by atoms with Gasteiger partial charge in [0, 0.05) is 31.2 Å². The maximum Gasteiger partial charge on any atom is 0.137 e. The number of benzene rings is 2. The SMILES string of the molecule is N#Cc1ccc(N2CCN(CCn3cncn3)C[C@H]2c2ccc(Cl)cc2)c(Cl)c1. The molecule has 1 aliphatic heterocycles. The minimum atomic E-state index is 0.127. The number of piperazine rings is 1. The van der Waals surface area contributed by atoms with Crippen LogP contribution in [0.15, 0.2) is 55.1 Å². The van der Waals surface area contributed by atoms with Gasteiger partial charge in [-0.05, 0) is 35.9 Å². The van der Waals surface area contributed by atoms with Crippen LogP contribution in [-0.2, 0) is 6.54 Å². The Labute approximate surface area is 179 Å². The lowest BCUT2D eigenvalue weighted by molar-refractivity contribution is 0.213. The first kappa shape index (κ1) is 19.7. The molecule has 0 spiro atoms. The second kappa shape index (κ2) is 8.83. The second-order valence-corrected chi connectivity index (χ2v) is 7.84. The van der Waals surface area contributed by atoms with Gasteiger partial charge < -0.3 is 4.90 Å². The quantitative estimate of drug-likeness (QED) is 0.616. The molecule has 0 saturated carbocycles. The van der Waals surface area contributed by atoms with Crippen LogP contribution in [0.25, 0.3) is 0 Å². The van der Waals surface area contributed by atoms with Gasteiger partial charge in [0.15, 0.2) is 0 Å². The first-order valence-corrected chi connectivity index (χ1v) is 10.2. The van der Waals surface area contributed by atoms with Crippen molar-refractivity contribution in [2.45, 2.75) is 12.6 Å². The Morgan fingerprint density at radius 3 is 2.59 bits per heavy atom. The molecule has 6 nitrogen and oxygen atoms in total. The van der Waals surface area contributed by atoms with Crippen LogP contribution in [0.5, 0.6) is 0 Å². The number of hydrogen-bond acceptors (Lipinski definition) is 5. The number of hydrogen-bond donors (Lipinski definition) is 0. The highest BCUT2D eigenvalue weighted by Crippen LogP contribution is 2.36. The molecule has 2 heterocycles. The van der Waals surface area contributed by atoms with Crippen molar-refractivity contribution in [1.29, 1.82) is 5.26 Å². The smallest absolute Gasteiger partial charge is 0.137 e. The van der Waals surface area contributed by atoms with E-state index in [0.29, 0.717) is 10.6 Å². The molecule has 2 aromatic carbocycles. The van der Waals surface area contributed by atoms with E-state index in [2.05, 4.69) is 38.1 Å². The van der Waals surface area contributed by atoms with Crippen molar-refractivity contribution in [3.05, 3.63) is 76.3 Å². The molecule has 0 radical (unpaired) electrons. The Kier molecular flexibility index (Phi) is 6.00. The lowest BCUT2D eigenvalue weighted by Gasteiger charge is -2.43. The van der Waals surface area contributed by atoms with Gasteiger partial charge in [0.1, 0.15) is 12.7 Å². The molecule has 8 heteroatoms. The molecule has 0 aliphatic carbocycles. The first-order chi connectivity index (χ1) is 14.1. The van der Waals surface area contributed by atoms with E-state index < -0.39 is 0 Å². The van der Waals surface area contributed by atoms with Gasteiger partial charge in [-0.2, -0.15) is 10.4 Å². The maximum absolute atomic E-state index is 9.14. The number of rotatable bonds is 5. The molecular formula is C21H20Cl2N6. The summed E-state index contributed by atoms with van der Waals surface area (Å²) in [6.07, 6.45) is 3.30. The van der Waals surface area contributed by atoms with Gasteiger partial charge in [-0.1, -0.05) is 35.3 Å². The Hall–Kier alpha value is -2.59. The van der Waals surface area contributed by atoms with Crippen LogP contribution in [-0.4, -0.2) is 45.8 Å². The number of halogens is 2. The number of nitrogens with zero attached hydrogens (tertiary/aromatic N) is 6. The zero-order chi connectivity index (χ0) is 20.2. The third-order valence-electron chi connectivity index (χ3n) is 5.22. The summed E-state index contributed by atoms with van der Waals surface area (Å²) in [4.78, 5) is 8.75. The summed E-state index contributed by atoms with van der Waals surface area (Å²) >= 11 is 12.6. The van der Waals surface area contributed by atoms with E-state index in [-0.39, 0.29) is 6.04 Å². The summed E-state index contributed by atoms with van der Waals surface area (Å²) in [5.74, 6) is 0. The Morgan fingerprint density at radius 2 is 1.90 bits per heavy atom. The number of anilines is 1. The van der Waals surface area contributed by atoms with E-state index in [1.807, 2.05) is 28.9 Å². The number of nitriles is 1. The Bertz CT molecular complexity index is 997. The third kappa shape index (κ3) is 4.54. The molecule has 0 amide bonds. The maximum atomic E-state index is 9.14. The molecule has 148 valence electrons. The van der Waals surface area contributed by atoms with Gasteiger partial charge in [-0.3, -0.25) is 9.58 Å². The fraction of sp³-hybridized carbons (Fsp3) is 0.286. The minimum absolute atomic E-state index is 0.127. The molecule has 4 rings (SSSR count). The summed E-state index contributed by atoms with van der Waals surface area (Å²) in [7, 11) is 0. The molecule has 29 heavy (non-hydrogen) atoms. The highest BCUT2D eigenvalue weighted by Gasteiger charge is 2.29. The molecule has 1 aliphatic rings. The highest BCUT2D eigenvalue weighted by molar-refractivity contribution is 6.33. The van der Waals surface area contributed by atoms with E-state index in [9.17, 15) is 0 Å². The standard InChI is InChI=1S/C21H20Cl2N6/c22-18-4-2-17(3-5-18)21-13-27(7-9-28-15-25-14-26-28)8-10-29(21)20-6-1-16(12-24)11-19(20)23/h1-6,11,14-15,21H,7-10,13H2/t21-/m0/s1. The van der Waals surface area contributed by atoms with Gasteiger partial charge in [-0.25, -0.2) is 4.98 Å². The summed E-state index contributed by atoms with van der Waals surface area (Å²) in [5, 5.41) is 14.6. The molecule has 0 bridgehead atoms. The van der Waals surface area contributed by atoms with E-state index in [0.717, 1.165) is 43.4 Å². The average Bonchev–Trinajstić information content (AvgIpc) is 3.26. The lowest BCUT2D eigenvalue weighted by Crippen LogP contribution is -2.49. The Morgan fingerprint density at radius 1 is 1.07 bits per heavy atom. The molecular weight excluding hydrogens is 407 g/mol. The Balaban J connectivity index is 1.58. The van der Waals surface area contributed by atoms with Gasteiger partial charge in [0.25, 0.3) is 0 Å². The molecule has 1 aromatic heterocycles. The second-order valence-electron chi connectivity index (χ2n) is 7.00. The van der Waals surface area contributed by atoms with Crippen molar-refractivity contribution < 1.29 is 0 Å². The zero-order valence-electron chi connectivity index (χ0n) is 15.7. The van der Waals surface area contributed by atoms with Crippen molar-refractivity contribution in [3.63, 3.8) is 0 Å². The predicted molar refractivity (Wildman–Crippen MR) is 114 cm³/mol. The molecule has 3 aromatic rings. The van der Waals surface area contributed by atoms with Gasteiger partial charge in [-0.15, -0.1) is 0 Å². The van der Waals surface area contributed by atoms with Gasteiger partial charge >= 0.3 is 0 Å². The van der Waals surface area contributed by atoms with Crippen molar-refractivity contribution in [2.24, 2.45) is 0 Å². The van der Waals surface area contributed by atoms with Crippen LogP contribution in [0.3, 0.4) is 0 Å². The molecule has 0 unspecified atom stereocenters. The normalized spacial score (nSPS) is 17.3. The van der Waals surface area contributed by atoms with Crippen LogP contribution in [0.4, 0.5) is 5.69 Å². The summed E-state index contributed by atoms with van der Waals surface area (Å²) < 4.78 is 1.85. The molecule has 1 atom stereocenters. The fourth-order valence-electron chi connectivity index (χ4n) is 3.70. The summed E-state index contributed by atoms with van der Waals surface area (Å²) in [5.41, 5.74) is 2.69.